The number of carbonyl (C=O) groups excluding carboxylic acids is 3. The van der Waals surface area contributed by atoms with E-state index in [9.17, 15) is 22.8 Å². The maximum absolute atomic E-state index is 13.5. The summed E-state index contributed by atoms with van der Waals surface area (Å²) < 4.78 is 33.7. The first-order valence-corrected chi connectivity index (χ1v) is 13.2. The molecule has 2 fully saturated rings. The molecule has 2 unspecified atom stereocenters. The molecule has 3 N–H and O–H groups in total. The Hall–Kier alpha value is -3.24. The molecule has 0 spiro atoms. The number of sulfonamides is 1. The Labute approximate surface area is 211 Å². The van der Waals surface area contributed by atoms with E-state index in [1.807, 2.05) is 0 Å². The molecule has 0 aromatic heterocycles. The number of anilines is 1. The highest BCUT2D eigenvalue weighted by molar-refractivity contribution is 7.89. The molecule has 1 saturated carbocycles. The molecule has 1 heterocycles. The van der Waals surface area contributed by atoms with Crippen molar-refractivity contribution < 1.29 is 27.5 Å². The molecule has 0 radical (unpaired) electrons. The Bertz CT molecular complexity index is 1320. The summed E-state index contributed by atoms with van der Waals surface area (Å²) in [4.78, 5) is 36.4. The Morgan fingerprint density at radius 3 is 2.53 bits per heavy atom. The molecule has 9 nitrogen and oxygen atoms in total. The van der Waals surface area contributed by atoms with Crippen LogP contribution in [-0.2, 0) is 19.6 Å². The number of amides is 2. The number of nitrogens with zero attached hydrogens (tertiary/aromatic N) is 1. The summed E-state index contributed by atoms with van der Waals surface area (Å²) in [6.45, 7) is 6.31. The Balaban J connectivity index is 1.44. The summed E-state index contributed by atoms with van der Waals surface area (Å²) in [7, 11) is -3.82. The van der Waals surface area contributed by atoms with Gasteiger partial charge in [0.25, 0.3) is 11.8 Å². The monoisotopic (exact) mass is 513 g/mol. The van der Waals surface area contributed by atoms with E-state index >= 15 is 0 Å². The first-order valence-electron chi connectivity index (χ1n) is 11.8. The third-order valence-corrected chi connectivity index (χ3v) is 8.74. The summed E-state index contributed by atoms with van der Waals surface area (Å²) in [6.07, 6.45) is 2.57. The highest BCUT2D eigenvalue weighted by Gasteiger charge is 2.53. The number of primary amides is 1. The van der Waals surface area contributed by atoms with Crippen LogP contribution in [-0.4, -0.2) is 49.7 Å². The first kappa shape index (κ1) is 25.8. The molecule has 2 bridgehead atoms. The van der Waals surface area contributed by atoms with E-state index in [1.54, 1.807) is 16.4 Å². The molecule has 2 aliphatic rings. The maximum atomic E-state index is 13.5. The van der Waals surface area contributed by atoms with Gasteiger partial charge in [-0.1, -0.05) is 39.0 Å². The maximum Gasteiger partial charge on any atom is 0.338 e. The average Bonchev–Trinajstić information content (AvgIpc) is 3.07. The van der Waals surface area contributed by atoms with Gasteiger partial charge in [0, 0.05) is 12.6 Å². The molecule has 1 aliphatic heterocycles. The fraction of sp³-hybridized carbons (Fsp3) is 0.423. The van der Waals surface area contributed by atoms with Gasteiger partial charge in [-0.2, -0.15) is 4.31 Å². The summed E-state index contributed by atoms with van der Waals surface area (Å²) in [6, 6.07) is 11.8. The van der Waals surface area contributed by atoms with Crippen LogP contribution in [0.3, 0.4) is 0 Å². The van der Waals surface area contributed by atoms with E-state index in [2.05, 4.69) is 26.1 Å². The fourth-order valence-corrected chi connectivity index (χ4v) is 7.64. The number of fused-ring (bicyclic) bond motifs is 2. The quantitative estimate of drug-likeness (QED) is 0.546. The van der Waals surface area contributed by atoms with Crippen molar-refractivity contribution in [2.75, 3.05) is 18.5 Å². The molecule has 192 valence electrons. The van der Waals surface area contributed by atoms with Crippen molar-refractivity contribution in [3.05, 3.63) is 59.7 Å². The fourth-order valence-electron chi connectivity index (χ4n) is 5.82. The summed E-state index contributed by atoms with van der Waals surface area (Å²) in [5.74, 6) is -2.21. The summed E-state index contributed by atoms with van der Waals surface area (Å²) >= 11 is 0. The zero-order chi connectivity index (χ0) is 26.3. The Morgan fingerprint density at radius 1 is 1.08 bits per heavy atom. The van der Waals surface area contributed by atoms with Gasteiger partial charge in [-0.05, 0) is 60.4 Å². The van der Waals surface area contributed by atoms with Gasteiger partial charge in [-0.25, -0.2) is 13.2 Å². The van der Waals surface area contributed by atoms with Gasteiger partial charge in [-0.3, -0.25) is 9.59 Å². The lowest BCUT2D eigenvalue weighted by Crippen LogP contribution is -2.37. The van der Waals surface area contributed by atoms with Crippen molar-refractivity contribution in [1.82, 2.24) is 4.31 Å². The SMILES string of the molecule is CC1(C)CC2CC(C)(CN2S(=O)(=O)c2cccc(C(=O)OCC(=O)Nc3ccccc3C(N)=O)c2)C1. The molecule has 1 saturated heterocycles. The van der Waals surface area contributed by atoms with Crippen LogP contribution in [0.4, 0.5) is 5.69 Å². The topological polar surface area (TPSA) is 136 Å². The van der Waals surface area contributed by atoms with Crippen LogP contribution < -0.4 is 11.1 Å². The predicted molar refractivity (Wildman–Crippen MR) is 134 cm³/mol. The van der Waals surface area contributed by atoms with Crippen LogP contribution >= 0.6 is 0 Å². The number of benzene rings is 2. The second kappa shape index (κ2) is 9.33. The molecular weight excluding hydrogens is 482 g/mol. The Morgan fingerprint density at radius 2 is 1.81 bits per heavy atom. The normalized spacial score (nSPS) is 23.1. The highest BCUT2D eigenvalue weighted by Crippen LogP contribution is 2.53. The van der Waals surface area contributed by atoms with Crippen molar-refractivity contribution in [3.63, 3.8) is 0 Å². The van der Waals surface area contributed by atoms with Crippen LogP contribution in [0, 0.1) is 10.8 Å². The highest BCUT2D eigenvalue weighted by atomic mass is 32.2. The minimum atomic E-state index is -3.82. The summed E-state index contributed by atoms with van der Waals surface area (Å²) in [5.41, 5.74) is 5.64. The van der Waals surface area contributed by atoms with Gasteiger partial charge < -0.3 is 15.8 Å². The van der Waals surface area contributed by atoms with Gasteiger partial charge in [0.1, 0.15) is 0 Å². The van der Waals surface area contributed by atoms with Crippen molar-refractivity contribution in [3.8, 4) is 0 Å². The molecule has 4 rings (SSSR count). The molecule has 2 atom stereocenters. The molecule has 2 aromatic carbocycles. The smallest absolute Gasteiger partial charge is 0.338 e. The van der Waals surface area contributed by atoms with Crippen molar-refractivity contribution in [2.45, 2.75) is 51.0 Å². The van der Waals surface area contributed by atoms with Crippen LogP contribution in [0.2, 0.25) is 0 Å². The standard InChI is InChI=1S/C26H31N3O6S/c1-25(2)12-18-13-26(3,15-25)16-29(18)36(33,34)19-8-6-7-17(11-19)24(32)35-14-22(30)28-21-10-5-4-9-20(21)23(27)31/h4-11,18H,12-16H2,1-3H3,(H2,27,31)(H,28,30). The van der Waals surface area contributed by atoms with Crippen molar-refractivity contribution >= 4 is 33.5 Å². The number of carbonyl (C=O) groups is 3. The van der Waals surface area contributed by atoms with Gasteiger partial charge in [0.15, 0.2) is 6.61 Å². The van der Waals surface area contributed by atoms with E-state index < -0.39 is 34.4 Å². The minimum Gasteiger partial charge on any atom is -0.452 e. The van der Waals surface area contributed by atoms with E-state index in [0.29, 0.717) is 6.54 Å². The lowest BCUT2D eigenvalue weighted by atomic mass is 9.65. The number of rotatable bonds is 7. The number of nitrogens with one attached hydrogen (secondary N) is 1. The molecule has 2 amide bonds. The predicted octanol–water partition coefficient (Wildman–Crippen LogP) is 3.17. The van der Waals surface area contributed by atoms with Crippen LogP contribution in [0.15, 0.2) is 53.4 Å². The number of para-hydroxylation sites is 1. The van der Waals surface area contributed by atoms with Gasteiger partial charge in [0.05, 0.1) is 21.7 Å². The second-order valence-corrected chi connectivity index (χ2v) is 12.7. The number of hydrogen-bond acceptors (Lipinski definition) is 6. The molecule has 10 heteroatoms. The van der Waals surface area contributed by atoms with Gasteiger partial charge in [0.2, 0.25) is 10.0 Å². The average molecular weight is 514 g/mol. The molecule has 2 aromatic rings. The van der Waals surface area contributed by atoms with E-state index in [-0.39, 0.29) is 38.6 Å². The summed E-state index contributed by atoms with van der Waals surface area (Å²) in [5, 5.41) is 2.48. The number of hydrogen-bond donors (Lipinski definition) is 2. The number of ether oxygens (including phenoxy) is 1. The molecular formula is C26H31N3O6S. The lowest BCUT2D eigenvalue weighted by Gasteiger charge is -2.39. The number of nitrogens with two attached hydrogens (primary N) is 1. The molecule has 36 heavy (non-hydrogen) atoms. The zero-order valence-electron chi connectivity index (χ0n) is 20.6. The van der Waals surface area contributed by atoms with Gasteiger partial charge >= 0.3 is 5.97 Å². The zero-order valence-corrected chi connectivity index (χ0v) is 21.4. The minimum absolute atomic E-state index is 0.0192. The molecule has 1 aliphatic carbocycles. The van der Waals surface area contributed by atoms with Crippen LogP contribution in [0.5, 0.6) is 0 Å². The van der Waals surface area contributed by atoms with Crippen LogP contribution in [0.1, 0.15) is 60.7 Å². The van der Waals surface area contributed by atoms with E-state index in [0.717, 1.165) is 19.3 Å². The number of esters is 1. The largest absolute Gasteiger partial charge is 0.452 e. The van der Waals surface area contributed by atoms with Gasteiger partial charge in [-0.15, -0.1) is 0 Å². The second-order valence-electron chi connectivity index (χ2n) is 10.8. The first-order chi connectivity index (χ1) is 16.8. The van der Waals surface area contributed by atoms with E-state index in [4.69, 9.17) is 10.5 Å². The van der Waals surface area contributed by atoms with Crippen molar-refractivity contribution in [2.24, 2.45) is 16.6 Å². The third kappa shape index (κ3) is 5.29. The van der Waals surface area contributed by atoms with E-state index in [1.165, 1.54) is 36.4 Å². The lowest BCUT2D eigenvalue weighted by molar-refractivity contribution is -0.119. The third-order valence-electron chi connectivity index (χ3n) is 6.84. The van der Waals surface area contributed by atoms with Crippen LogP contribution in [0.25, 0.3) is 0 Å². The van der Waals surface area contributed by atoms with Crippen molar-refractivity contribution in [1.29, 1.82) is 0 Å². The Kier molecular flexibility index (Phi) is 6.70.